The van der Waals surface area contributed by atoms with E-state index in [-0.39, 0.29) is 0 Å². The Balaban J connectivity index is 2.79. The molecule has 0 saturated heterocycles. The second-order valence-corrected chi connectivity index (χ2v) is 8.22. The highest BCUT2D eigenvalue weighted by Gasteiger charge is 2.17. The monoisotopic (exact) mass is 292 g/mol. The molecule has 0 aliphatic carbocycles. The van der Waals surface area contributed by atoms with Gasteiger partial charge in [0.05, 0.1) is 0 Å². The molecular weight excluding hydrogens is 276 g/mol. The first-order valence-corrected chi connectivity index (χ1v) is 8.90. The predicted octanol–water partition coefficient (Wildman–Crippen LogP) is -0.0684. The van der Waals surface area contributed by atoms with Crippen LogP contribution in [0.15, 0.2) is 24.3 Å². The van der Waals surface area contributed by atoms with E-state index < -0.39 is 24.9 Å². The van der Waals surface area contributed by atoms with E-state index in [0.717, 1.165) is 11.8 Å². The van der Waals surface area contributed by atoms with Crippen LogP contribution in [0.5, 0.6) is 0 Å². The maximum atomic E-state index is 11.5. The number of hydrogen-bond acceptors (Lipinski definition) is 5. The summed E-state index contributed by atoms with van der Waals surface area (Å²) in [7, 11) is -7.47. The molecule has 0 aliphatic rings. The summed E-state index contributed by atoms with van der Waals surface area (Å²) in [5.41, 5.74) is 6.71. The number of sulfone groups is 1. The number of anilines is 1. The molecule has 0 bridgehead atoms. The minimum atomic E-state index is -3.88. The minimum absolute atomic E-state index is 0.333. The third-order valence-corrected chi connectivity index (χ3v) is 5.53. The molecule has 0 atom stereocenters. The van der Waals surface area contributed by atoms with Crippen molar-refractivity contribution in [1.82, 2.24) is 0 Å². The van der Waals surface area contributed by atoms with Gasteiger partial charge in [0.25, 0.3) is 0 Å². The average Bonchev–Trinajstić information content (AvgIpc) is 2.17. The molecule has 0 saturated carbocycles. The van der Waals surface area contributed by atoms with Crippen molar-refractivity contribution >= 4 is 25.5 Å². The summed E-state index contributed by atoms with van der Waals surface area (Å²) in [5.74, 6) is 0. The lowest BCUT2D eigenvalue weighted by Gasteiger charge is -2.07. The van der Waals surface area contributed by atoms with Gasteiger partial charge < -0.3 is 5.73 Å². The molecule has 0 spiro atoms. The molecule has 0 aliphatic heterocycles. The topological polar surface area (TPSA) is 106 Å². The Morgan fingerprint density at radius 1 is 1.11 bits per heavy atom. The molecule has 0 unspecified atom stereocenters. The van der Waals surface area contributed by atoms with E-state index in [1.54, 1.807) is 24.3 Å². The standard InChI is InChI=1S/C10H16N2O4S2/c1-17(13,14)8-18(15,16)12-10-4-2-9(3-5-10)6-7-11/h2-5,12H,6-8,11H2,1H3. The largest absolute Gasteiger partial charge is 0.330 e. The van der Waals surface area contributed by atoms with E-state index in [4.69, 9.17) is 5.73 Å². The van der Waals surface area contributed by atoms with Gasteiger partial charge in [0, 0.05) is 11.9 Å². The molecule has 0 radical (unpaired) electrons. The number of sulfonamides is 1. The fraction of sp³-hybridized carbons (Fsp3) is 0.400. The Hall–Kier alpha value is -1.12. The zero-order valence-corrected chi connectivity index (χ0v) is 11.6. The van der Waals surface area contributed by atoms with Crippen LogP contribution in [0.25, 0.3) is 0 Å². The van der Waals surface area contributed by atoms with E-state index in [1.807, 2.05) is 0 Å². The number of nitrogens with two attached hydrogens (primary N) is 1. The number of rotatable bonds is 6. The molecule has 8 heteroatoms. The predicted molar refractivity (Wildman–Crippen MR) is 71.5 cm³/mol. The Kier molecular flexibility index (Phi) is 4.71. The van der Waals surface area contributed by atoms with E-state index in [2.05, 4.69) is 4.72 Å². The van der Waals surface area contributed by atoms with Gasteiger partial charge in [-0.2, -0.15) is 0 Å². The molecular formula is C10H16N2O4S2. The molecule has 0 aromatic heterocycles. The molecule has 3 N–H and O–H groups in total. The van der Waals surface area contributed by atoms with E-state index in [1.165, 1.54) is 0 Å². The Bertz CT molecular complexity index is 591. The highest BCUT2D eigenvalue weighted by molar-refractivity contribution is 8.08. The highest BCUT2D eigenvalue weighted by Crippen LogP contribution is 2.12. The SMILES string of the molecule is CS(=O)(=O)CS(=O)(=O)Nc1ccc(CCN)cc1. The van der Waals surface area contributed by atoms with E-state index in [9.17, 15) is 16.8 Å². The third kappa shape index (κ3) is 5.48. The van der Waals surface area contributed by atoms with Crippen LogP contribution in [-0.2, 0) is 26.3 Å². The van der Waals surface area contributed by atoms with Crippen LogP contribution < -0.4 is 10.5 Å². The van der Waals surface area contributed by atoms with Crippen molar-refractivity contribution in [3.63, 3.8) is 0 Å². The van der Waals surface area contributed by atoms with Crippen molar-refractivity contribution in [3.05, 3.63) is 29.8 Å². The van der Waals surface area contributed by atoms with Crippen molar-refractivity contribution in [3.8, 4) is 0 Å². The van der Waals surface area contributed by atoms with Crippen molar-refractivity contribution in [2.45, 2.75) is 6.42 Å². The van der Waals surface area contributed by atoms with Crippen LogP contribution in [0.1, 0.15) is 5.56 Å². The molecule has 102 valence electrons. The first-order valence-electron chi connectivity index (χ1n) is 5.19. The van der Waals surface area contributed by atoms with Gasteiger partial charge in [-0.05, 0) is 30.7 Å². The van der Waals surface area contributed by atoms with Crippen molar-refractivity contribution < 1.29 is 16.8 Å². The first-order chi connectivity index (χ1) is 8.22. The fourth-order valence-corrected chi connectivity index (χ4v) is 4.38. The quantitative estimate of drug-likeness (QED) is 0.763. The van der Waals surface area contributed by atoms with Crippen LogP contribution in [0.2, 0.25) is 0 Å². The van der Waals surface area contributed by atoms with Crippen LogP contribution in [0.4, 0.5) is 5.69 Å². The Labute approximate surface area is 107 Å². The molecule has 1 aromatic carbocycles. The number of benzene rings is 1. The van der Waals surface area contributed by atoms with Crippen LogP contribution in [-0.4, -0.2) is 34.7 Å². The summed E-state index contributed by atoms with van der Waals surface area (Å²) in [6.07, 6.45) is 1.58. The molecule has 0 heterocycles. The average molecular weight is 292 g/mol. The number of nitrogens with one attached hydrogen (secondary N) is 1. The summed E-state index contributed by atoms with van der Waals surface area (Å²) in [6.45, 7) is 0.513. The summed E-state index contributed by atoms with van der Waals surface area (Å²) < 4.78 is 47.1. The highest BCUT2D eigenvalue weighted by atomic mass is 32.3. The molecule has 0 amide bonds. The summed E-state index contributed by atoms with van der Waals surface area (Å²) in [5, 5.41) is -0.926. The normalized spacial score (nSPS) is 12.3. The summed E-state index contributed by atoms with van der Waals surface area (Å²) >= 11 is 0. The summed E-state index contributed by atoms with van der Waals surface area (Å²) in [6, 6.07) is 6.63. The lowest BCUT2D eigenvalue weighted by Crippen LogP contribution is -2.22. The smallest absolute Gasteiger partial charge is 0.247 e. The first kappa shape index (κ1) is 14.9. The van der Waals surface area contributed by atoms with Crippen LogP contribution in [0, 0.1) is 0 Å². The van der Waals surface area contributed by atoms with Gasteiger partial charge in [-0.1, -0.05) is 12.1 Å². The Morgan fingerprint density at radius 2 is 1.67 bits per heavy atom. The van der Waals surface area contributed by atoms with E-state index in [0.29, 0.717) is 18.7 Å². The zero-order chi connectivity index (χ0) is 13.8. The van der Waals surface area contributed by atoms with Gasteiger partial charge in [0.15, 0.2) is 14.9 Å². The van der Waals surface area contributed by atoms with Gasteiger partial charge >= 0.3 is 0 Å². The lowest BCUT2D eigenvalue weighted by molar-refractivity contribution is 0.595. The molecule has 6 nitrogen and oxygen atoms in total. The second kappa shape index (κ2) is 5.68. The maximum absolute atomic E-state index is 11.5. The van der Waals surface area contributed by atoms with Gasteiger partial charge in [-0.25, -0.2) is 16.8 Å². The molecule has 1 rings (SSSR count). The lowest BCUT2D eigenvalue weighted by atomic mass is 10.1. The van der Waals surface area contributed by atoms with Crippen LogP contribution >= 0.6 is 0 Å². The minimum Gasteiger partial charge on any atom is -0.330 e. The van der Waals surface area contributed by atoms with E-state index >= 15 is 0 Å². The fourth-order valence-electron chi connectivity index (χ4n) is 1.40. The van der Waals surface area contributed by atoms with Crippen molar-refractivity contribution in [2.24, 2.45) is 5.73 Å². The van der Waals surface area contributed by atoms with Crippen molar-refractivity contribution in [1.29, 1.82) is 0 Å². The van der Waals surface area contributed by atoms with Gasteiger partial charge in [0.1, 0.15) is 0 Å². The Morgan fingerprint density at radius 3 is 2.11 bits per heavy atom. The van der Waals surface area contributed by atoms with Gasteiger partial charge in [-0.3, -0.25) is 4.72 Å². The van der Waals surface area contributed by atoms with Gasteiger partial charge in [0.2, 0.25) is 10.0 Å². The molecule has 1 aromatic rings. The molecule has 0 fully saturated rings. The zero-order valence-electron chi connectivity index (χ0n) is 9.96. The third-order valence-electron chi connectivity index (χ3n) is 2.03. The number of hydrogen-bond donors (Lipinski definition) is 2. The van der Waals surface area contributed by atoms with Crippen LogP contribution in [0.3, 0.4) is 0 Å². The van der Waals surface area contributed by atoms with Gasteiger partial charge in [-0.15, -0.1) is 0 Å². The van der Waals surface area contributed by atoms with Crippen molar-refractivity contribution in [2.75, 3.05) is 22.6 Å². The molecule has 18 heavy (non-hydrogen) atoms. The summed E-state index contributed by atoms with van der Waals surface area (Å²) in [4.78, 5) is 0. The maximum Gasteiger partial charge on any atom is 0.247 e. The second-order valence-electron chi connectivity index (χ2n) is 4.00.